The summed E-state index contributed by atoms with van der Waals surface area (Å²) in [5.74, 6) is 0. The molecule has 0 radical (unpaired) electrons. The van der Waals surface area contributed by atoms with Crippen LogP contribution in [-0.4, -0.2) is 4.98 Å². The summed E-state index contributed by atoms with van der Waals surface area (Å²) in [6.45, 7) is 0.560. The van der Waals surface area contributed by atoms with Gasteiger partial charge in [-0.3, -0.25) is 0 Å². The Balaban J connectivity index is 2.81. The van der Waals surface area contributed by atoms with E-state index in [4.69, 9.17) is 5.73 Å². The standard InChI is InChI=1S/C9H9BrN2/c10-9-7(5-11)6-3-1-2-4-8(6)12-9/h1-4,12H,5,11H2. The van der Waals surface area contributed by atoms with Gasteiger partial charge < -0.3 is 10.7 Å². The molecule has 0 aliphatic carbocycles. The van der Waals surface area contributed by atoms with Crippen molar-refractivity contribution in [3.8, 4) is 0 Å². The van der Waals surface area contributed by atoms with Crippen molar-refractivity contribution >= 4 is 26.8 Å². The summed E-state index contributed by atoms with van der Waals surface area (Å²) in [5.41, 5.74) is 7.88. The van der Waals surface area contributed by atoms with Gasteiger partial charge in [-0.1, -0.05) is 18.2 Å². The molecule has 3 N–H and O–H groups in total. The fraction of sp³-hybridized carbons (Fsp3) is 0.111. The lowest BCUT2D eigenvalue weighted by Gasteiger charge is -1.92. The van der Waals surface area contributed by atoms with Crippen molar-refractivity contribution in [1.29, 1.82) is 0 Å². The van der Waals surface area contributed by atoms with Gasteiger partial charge in [0.2, 0.25) is 0 Å². The minimum atomic E-state index is 0.560. The molecule has 3 heteroatoms. The van der Waals surface area contributed by atoms with Crippen LogP contribution in [0.25, 0.3) is 10.9 Å². The summed E-state index contributed by atoms with van der Waals surface area (Å²) in [7, 11) is 0. The summed E-state index contributed by atoms with van der Waals surface area (Å²) < 4.78 is 0.992. The summed E-state index contributed by atoms with van der Waals surface area (Å²) in [4.78, 5) is 3.21. The molecule has 0 saturated carbocycles. The van der Waals surface area contributed by atoms with Crippen LogP contribution in [-0.2, 0) is 6.54 Å². The molecule has 0 fully saturated rings. The van der Waals surface area contributed by atoms with Crippen LogP contribution < -0.4 is 5.73 Å². The molecule has 12 heavy (non-hydrogen) atoms. The molecular weight excluding hydrogens is 216 g/mol. The number of nitrogens with two attached hydrogens (primary N) is 1. The Morgan fingerprint density at radius 2 is 2.08 bits per heavy atom. The maximum atomic E-state index is 5.61. The van der Waals surface area contributed by atoms with E-state index >= 15 is 0 Å². The van der Waals surface area contributed by atoms with Gasteiger partial charge in [0.1, 0.15) is 0 Å². The number of nitrogens with one attached hydrogen (secondary N) is 1. The van der Waals surface area contributed by atoms with E-state index in [0.29, 0.717) is 6.54 Å². The zero-order valence-corrected chi connectivity index (χ0v) is 8.06. The van der Waals surface area contributed by atoms with Crippen LogP contribution in [0.4, 0.5) is 0 Å². The van der Waals surface area contributed by atoms with E-state index in [0.717, 1.165) is 15.7 Å². The average molecular weight is 225 g/mol. The molecular formula is C9H9BrN2. The number of aromatic nitrogens is 1. The van der Waals surface area contributed by atoms with Gasteiger partial charge in [-0.15, -0.1) is 0 Å². The number of halogens is 1. The van der Waals surface area contributed by atoms with Crippen molar-refractivity contribution in [2.45, 2.75) is 6.54 Å². The summed E-state index contributed by atoms with van der Waals surface area (Å²) in [6.07, 6.45) is 0. The average Bonchev–Trinajstić information content (AvgIpc) is 2.40. The lowest BCUT2D eigenvalue weighted by molar-refractivity contribution is 1.07. The molecule has 0 amide bonds. The minimum absolute atomic E-state index is 0.560. The highest BCUT2D eigenvalue weighted by Crippen LogP contribution is 2.25. The van der Waals surface area contributed by atoms with E-state index in [1.165, 1.54) is 5.39 Å². The van der Waals surface area contributed by atoms with Gasteiger partial charge in [-0.25, -0.2) is 0 Å². The first-order chi connectivity index (χ1) is 5.83. The van der Waals surface area contributed by atoms with Gasteiger partial charge in [0, 0.05) is 23.0 Å². The third-order valence-electron chi connectivity index (χ3n) is 1.97. The Hall–Kier alpha value is -0.800. The molecule has 2 nitrogen and oxygen atoms in total. The molecule has 2 rings (SSSR count). The van der Waals surface area contributed by atoms with E-state index in [9.17, 15) is 0 Å². The summed E-state index contributed by atoms with van der Waals surface area (Å²) in [6, 6.07) is 8.13. The van der Waals surface area contributed by atoms with E-state index in [-0.39, 0.29) is 0 Å². The Morgan fingerprint density at radius 3 is 2.83 bits per heavy atom. The Bertz CT molecular complexity index is 406. The third kappa shape index (κ3) is 1.06. The van der Waals surface area contributed by atoms with Crippen LogP contribution >= 0.6 is 15.9 Å². The van der Waals surface area contributed by atoms with Crippen molar-refractivity contribution in [2.24, 2.45) is 5.73 Å². The minimum Gasteiger partial charge on any atom is -0.349 e. The molecule has 0 aliphatic heterocycles. The fourth-order valence-corrected chi connectivity index (χ4v) is 1.96. The van der Waals surface area contributed by atoms with Crippen LogP contribution in [0, 0.1) is 0 Å². The largest absolute Gasteiger partial charge is 0.349 e. The van der Waals surface area contributed by atoms with Crippen molar-refractivity contribution in [1.82, 2.24) is 4.98 Å². The van der Waals surface area contributed by atoms with Crippen molar-refractivity contribution in [3.05, 3.63) is 34.4 Å². The topological polar surface area (TPSA) is 41.8 Å². The maximum Gasteiger partial charge on any atom is 0.0876 e. The van der Waals surface area contributed by atoms with E-state index in [2.05, 4.69) is 27.0 Å². The molecule has 1 aromatic carbocycles. The summed E-state index contributed by atoms with van der Waals surface area (Å²) >= 11 is 3.43. The van der Waals surface area contributed by atoms with Gasteiger partial charge in [-0.05, 0) is 22.0 Å². The van der Waals surface area contributed by atoms with E-state index < -0.39 is 0 Å². The Morgan fingerprint density at radius 1 is 1.33 bits per heavy atom. The molecule has 1 aromatic heterocycles. The molecule has 2 aromatic rings. The molecule has 0 spiro atoms. The second kappa shape index (κ2) is 2.92. The van der Waals surface area contributed by atoms with Crippen LogP contribution in [0.3, 0.4) is 0 Å². The number of rotatable bonds is 1. The molecule has 0 aliphatic rings. The molecule has 0 bridgehead atoms. The number of benzene rings is 1. The first-order valence-corrected chi connectivity index (χ1v) is 4.57. The number of hydrogen-bond donors (Lipinski definition) is 2. The van der Waals surface area contributed by atoms with Crippen molar-refractivity contribution in [3.63, 3.8) is 0 Å². The van der Waals surface area contributed by atoms with Crippen LogP contribution in [0.5, 0.6) is 0 Å². The highest BCUT2D eigenvalue weighted by atomic mass is 79.9. The number of fused-ring (bicyclic) bond motifs is 1. The first kappa shape index (κ1) is 7.83. The molecule has 0 saturated heterocycles. The lowest BCUT2D eigenvalue weighted by Crippen LogP contribution is -1.95. The van der Waals surface area contributed by atoms with Gasteiger partial charge in [0.25, 0.3) is 0 Å². The Kier molecular flexibility index (Phi) is 1.90. The number of aromatic amines is 1. The second-order valence-electron chi connectivity index (χ2n) is 2.67. The smallest absolute Gasteiger partial charge is 0.0876 e. The van der Waals surface area contributed by atoms with Gasteiger partial charge in [0.15, 0.2) is 0 Å². The SMILES string of the molecule is NCc1c(Br)[nH]c2ccccc12. The predicted octanol–water partition coefficient (Wildman–Crippen LogP) is 2.39. The van der Waals surface area contributed by atoms with Crippen LogP contribution in [0.1, 0.15) is 5.56 Å². The normalized spacial score (nSPS) is 10.8. The zero-order chi connectivity index (χ0) is 8.55. The van der Waals surface area contributed by atoms with Crippen molar-refractivity contribution in [2.75, 3.05) is 0 Å². The van der Waals surface area contributed by atoms with E-state index in [1.54, 1.807) is 0 Å². The lowest BCUT2D eigenvalue weighted by atomic mass is 10.2. The number of hydrogen-bond acceptors (Lipinski definition) is 1. The van der Waals surface area contributed by atoms with Crippen molar-refractivity contribution < 1.29 is 0 Å². The second-order valence-corrected chi connectivity index (χ2v) is 3.46. The monoisotopic (exact) mass is 224 g/mol. The maximum absolute atomic E-state index is 5.61. The molecule has 62 valence electrons. The Labute approximate surface area is 78.9 Å². The number of para-hydroxylation sites is 1. The van der Waals surface area contributed by atoms with E-state index in [1.807, 2.05) is 18.2 Å². The highest BCUT2D eigenvalue weighted by molar-refractivity contribution is 9.10. The molecule has 0 unspecified atom stereocenters. The molecule has 1 heterocycles. The zero-order valence-electron chi connectivity index (χ0n) is 6.47. The number of H-pyrrole nitrogens is 1. The molecule has 0 atom stereocenters. The first-order valence-electron chi connectivity index (χ1n) is 3.78. The van der Waals surface area contributed by atoms with Crippen LogP contribution in [0.15, 0.2) is 28.9 Å². The van der Waals surface area contributed by atoms with Gasteiger partial charge in [-0.2, -0.15) is 0 Å². The highest BCUT2D eigenvalue weighted by Gasteiger charge is 2.05. The van der Waals surface area contributed by atoms with Gasteiger partial charge >= 0.3 is 0 Å². The quantitative estimate of drug-likeness (QED) is 0.768. The predicted molar refractivity (Wildman–Crippen MR) is 53.9 cm³/mol. The van der Waals surface area contributed by atoms with Crippen LogP contribution in [0.2, 0.25) is 0 Å². The third-order valence-corrected chi connectivity index (χ3v) is 2.64. The van der Waals surface area contributed by atoms with Gasteiger partial charge in [0.05, 0.1) is 4.60 Å². The summed E-state index contributed by atoms with van der Waals surface area (Å²) in [5, 5.41) is 1.20. The fourth-order valence-electron chi connectivity index (χ4n) is 1.37.